The van der Waals surface area contributed by atoms with Gasteiger partial charge in [0.15, 0.2) is 0 Å². The van der Waals surface area contributed by atoms with Gasteiger partial charge in [0.25, 0.3) is 0 Å². The molecule has 0 aromatic heterocycles. The third-order valence-corrected chi connectivity index (χ3v) is 6.30. The molecular formula is C16H32N2S. The van der Waals surface area contributed by atoms with E-state index in [-0.39, 0.29) is 0 Å². The molecule has 2 atom stereocenters. The van der Waals surface area contributed by atoms with Crippen LogP contribution in [0.3, 0.4) is 0 Å². The Kier molecular flexibility index (Phi) is 5.24. The molecule has 1 aliphatic carbocycles. The molecule has 2 nitrogen and oxygen atoms in total. The van der Waals surface area contributed by atoms with E-state index in [0.717, 1.165) is 12.5 Å². The lowest BCUT2D eigenvalue weighted by Gasteiger charge is -2.52. The Bertz CT molecular complexity index is 292. The average molecular weight is 285 g/mol. The van der Waals surface area contributed by atoms with E-state index in [4.69, 9.17) is 0 Å². The van der Waals surface area contributed by atoms with Crippen LogP contribution in [-0.4, -0.2) is 47.1 Å². The summed E-state index contributed by atoms with van der Waals surface area (Å²) in [6.07, 6.45) is 5.47. The van der Waals surface area contributed by atoms with Gasteiger partial charge in [0, 0.05) is 24.2 Å². The van der Waals surface area contributed by atoms with Crippen molar-refractivity contribution < 1.29 is 0 Å². The number of thioether (sulfide) groups is 1. The molecule has 1 aliphatic heterocycles. The van der Waals surface area contributed by atoms with Crippen molar-refractivity contribution in [2.45, 2.75) is 64.5 Å². The summed E-state index contributed by atoms with van der Waals surface area (Å²) in [4.78, 5) is 2.79. The summed E-state index contributed by atoms with van der Waals surface area (Å²) in [5, 5.41) is 3.88. The Morgan fingerprint density at radius 1 is 1.26 bits per heavy atom. The number of nitrogens with one attached hydrogen (secondary N) is 1. The van der Waals surface area contributed by atoms with E-state index in [9.17, 15) is 0 Å². The first-order valence-electron chi connectivity index (χ1n) is 8.12. The van der Waals surface area contributed by atoms with Crippen LogP contribution in [0, 0.1) is 5.92 Å². The molecule has 2 unspecified atom stereocenters. The second kappa shape index (κ2) is 6.36. The Labute approximate surface area is 124 Å². The largest absolute Gasteiger partial charge is 0.308 e. The first kappa shape index (κ1) is 15.7. The van der Waals surface area contributed by atoms with Crippen molar-refractivity contribution in [1.29, 1.82) is 0 Å². The zero-order valence-electron chi connectivity index (χ0n) is 13.3. The smallest absolute Gasteiger partial charge is 0.0309 e. The second-order valence-electron chi connectivity index (χ2n) is 6.87. The second-order valence-corrected chi connectivity index (χ2v) is 8.26. The Morgan fingerprint density at radius 2 is 2.00 bits per heavy atom. The highest BCUT2D eigenvalue weighted by Crippen LogP contribution is 2.43. The number of nitrogens with zero attached hydrogens (tertiary/aromatic N) is 1. The van der Waals surface area contributed by atoms with Crippen molar-refractivity contribution in [2.24, 2.45) is 5.92 Å². The molecule has 1 heterocycles. The van der Waals surface area contributed by atoms with Gasteiger partial charge in [-0.25, -0.2) is 0 Å². The summed E-state index contributed by atoms with van der Waals surface area (Å²) in [6.45, 7) is 13.2. The first-order chi connectivity index (χ1) is 9.04. The Balaban J connectivity index is 1.92. The molecule has 112 valence electrons. The highest BCUT2D eigenvalue weighted by molar-refractivity contribution is 7.99. The molecule has 2 fully saturated rings. The standard InChI is InChI=1S/C16H32N2S/c1-5-15(3)12-17-16(4,14-8-9-14)13-18(15)10-7-11-19-6-2/h14,17H,5-13H2,1-4H3. The third kappa shape index (κ3) is 3.68. The van der Waals surface area contributed by atoms with Gasteiger partial charge in [0.05, 0.1) is 0 Å². The van der Waals surface area contributed by atoms with E-state index < -0.39 is 0 Å². The Hall–Kier alpha value is 0.270. The monoisotopic (exact) mass is 284 g/mol. The van der Waals surface area contributed by atoms with Gasteiger partial charge in [-0.1, -0.05) is 13.8 Å². The Morgan fingerprint density at radius 3 is 2.58 bits per heavy atom. The van der Waals surface area contributed by atoms with E-state index in [1.165, 1.54) is 50.3 Å². The van der Waals surface area contributed by atoms with Crippen LogP contribution in [0.5, 0.6) is 0 Å². The molecule has 0 radical (unpaired) electrons. The molecule has 0 spiro atoms. The van der Waals surface area contributed by atoms with Crippen molar-refractivity contribution >= 4 is 11.8 Å². The van der Waals surface area contributed by atoms with E-state index in [0.29, 0.717) is 11.1 Å². The van der Waals surface area contributed by atoms with Gasteiger partial charge in [0.2, 0.25) is 0 Å². The highest BCUT2D eigenvalue weighted by Gasteiger charge is 2.48. The fourth-order valence-electron chi connectivity index (χ4n) is 3.34. The topological polar surface area (TPSA) is 15.3 Å². The summed E-state index contributed by atoms with van der Waals surface area (Å²) < 4.78 is 0. The fraction of sp³-hybridized carbons (Fsp3) is 1.00. The summed E-state index contributed by atoms with van der Waals surface area (Å²) in [5.74, 6) is 3.51. The van der Waals surface area contributed by atoms with Crippen molar-refractivity contribution in [3.05, 3.63) is 0 Å². The predicted octanol–water partition coefficient (Wildman–Crippen LogP) is 3.37. The number of rotatable bonds is 7. The lowest BCUT2D eigenvalue weighted by molar-refractivity contribution is 0.0111. The van der Waals surface area contributed by atoms with Gasteiger partial charge in [-0.05, 0) is 63.5 Å². The van der Waals surface area contributed by atoms with Gasteiger partial charge < -0.3 is 5.32 Å². The summed E-state index contributed by atoms with van der Waals surface area (Å²) >= 11 is 2.08. The molecule has 0 aromatic rings. The molecule has 1 saturated carbocycles. The maximum atomic E-state index is 3.88. The average Bonchev–Trinajstić information content (AvgIpc) is 3.24. The summed E-state index contributed by atoms with van der Waals surface area (Å²) in [5.41, 5.74) is 0.748. The normalized spacial score (nSPS) is 36.6. The summed E-state index contributed by atoms with van der Waals surface area (Å²) in [6, 6.07) is 0. The van der Waals surface area contributed by atoms with Crippen molar-refractivity contribution in [2.75, 3.05) is 31.1 Å². The van der Waals surface area contributed by atoms with Crippen LogP contribution >= 0.6 is 11.8 Å². The number of hydrogen-bond donors (Lipinski definition) is 1. The molecule has 0 bridgehead atoms. The molecule has 1 saturated heterocycles. The highest BCUT2D eigenvalue weighted by atomic mass is 32.2. The van der Waals surface area contributed by atoms with Crippen LogP contribution in [0.4, 0.5) is 0 Å². The lowest BCUT2D eigenvalue weighted by atomic mass is 9.84. The van der Waals surface area contributed by atoms with Crippen LogP contribution in [-0.2, 0) is 0 Å². The molecule has 0 aromatic carbocycles. The molecule has 19 heavy (non-hydrogen) atoms. The van der Waals surface area contributed by atoms with Gasteiger partial charge in [-0.15, -0.1) is 0 Å². The zero-order chi connectivity index (χ0) is 13.9. The number of piperazine rings is 1. The van der Waals surface area contributed by atoms with Crippen LogP contribution in [0.1, 0.15) is 53.4 Å². The van der Waals surface area contributed by atoms with Crippen molar-refractivity contribution in [3.63, 3.8) is 0 Å². The van der Waals surface area contributed by atoms with Crippen LogP contribution < -0.4 is 5.32 Å². The molecular weight excluding hydrogens is 252 g/mol. The van der Waals surface area contributed by atoms with E-state index in [2.05, 4.69) is 49.7 Å². The third-order valence-electron chi connectivity index (χ3n) is 5.32. The zero-order valence-corrected chi connectivity index (χ0v) is 14.1. The maximum Gasteiger partial charge on any atom is 0.0309 e. The molecule has 2 aliphatic rings. The maximum absolute atomic E-state index is 3.88. The lowest BCUT2D eigenvalue weighted by Crippen LogP contribution is -2.68. The van der Waals surface area contributed by atoms with Crippen molar-refractivity contribution in [3.8, 4) is 0 Å². The quantitative estimate of drug-likeness (QED) is 0.722. The minimum Gasteiger partial charge on any atom is -0.308 e. The first-order valence-corrected chi connectivity index (χ1v) is 9.27. The number of hydrogen-bond acceptors (Lipinski definition) is 3. The van der Waals surface area contributed by atoms with Crippen LogP contribution in [0.15, 0.2) is 0 Å². The minimum atomic E-state index is 0.366. The van der Waals surface area contributed by atoms with Crippen LogP contribution in [0.25, 0.3) is 0 Å². The van der Waals surface area contributed by atoms with Gasteiger partial charge in [-0.3, -0.25) is 4.90 Å². The molecule has 1 N–H and O–H groups in total. The van der Waals surface area contributed by atoms with E-state index >= 15 is 0 Å². The molecule has 2 rings (SSSR count). The van der Waals surface area contributed by atoms with Crippen molar-refractivity contribution in [1.82, 2.24) is 10.2 Å². The van der Waals surface area contributed by atoms with Gasteiger partial charge in [0.1, 0.15) is 0 Å². The van der Waals surface area contributed by atoms with Crippen LogP contribution in [0.2, 0.25) is 0 Å². The minimum absolute atomic E-state index is 0.366. The van der Waals surface area contributed by atoms with E-state index in [1.807, 2.05) is 0 Å². The van der Waals surface area contributed by atoms with Gasteiger partial charge in [-0.2, -0.15) is 11.8 Å². The predicted molar refractivity (Wildman–Crippen MR) is 87.0 cm³/mol. The van der Waals surface area contributed by atoms with Gasteiger partial charge >= 0.3 is 0 Å². The molecule has 3 heteroatoms. The summed E-state index contributed by atoms with van der Waals surface area (Å²) in [7, 11) is 0. The van der Waals surface area contributed by atoms with E-state index in [1.54, 1.807) is 0 Å². The fourth-order valence-corrected chi connectivity index (χ4v) is 3.96. The SMILES string of the molecule is CCSCCCN1CC(C)(C2CC2)NCC1(C)CC. The molecule has 0 amide bonds.